The van der Waals surface area contributed by atoms with Crippen LogP contribution in [0, 0.1) is 0 Å². The van der Waals surface area contributed by atoms with E-state index >= 15 is 0 Å². The molecule has 1 aromatic heterocycles. The second kappa shape index (κ2) is 5.38. The van der Waals surface area contributed by atoms with Gasteiger partial charge >= 0.3 is 0 Å². The fourth-order valence-electron chi connectivity index (χ4n) is 1.73. The summed E-state index contributed by atoms with van der Waals surface area (Å²) in [4.78, 5) is 4.14. The Labute approximate surface area is 112 Å². The molecular weight excluding hydrogens is 262 g/mol. The Kier molecular flexibility index (Phi) is 3.82. The maximum Gasteiger partial charge on any atom is 0.238 e. The van der Waals surface area contributed by atoms with E-state index in [0.717, 1.165) is 5.56 Å². The van der Waals surface area contributed by atoms with Crippen LogP contribution in [0.4, 0.5) is 5.69 Å². The number of rotatable bonds is 4. The second-order valence-electron chi connectivity index (χ2n) is 4.23. The number of primary sulfonamides is 1. The second-order valence-corrected chi connectivity index (χ2v) is 5.79. The summed E-state index contributed by atoms with van der Waals surface area (Å²) in [6.45, 7) is 1.97. The van der Waals surface area contributed by atoms with Gasteiger partial charge in [0.25, 0.3) is 0 Å². The van der Waals surface area contributed by atoms with E-state index < -0.39 is 10.0 Å². The Morgan fingerprint density at radius 2 is 2.05 bits per heavy atom. The Bertz CT molecular complexity index is 657. The smallest absolute Gasteiger partial charge is 0.238 e. The molecule has 0 aliphatic rings. The highest BCUT2D eigenvalue weighted by Crippen LogP contribution is 2.20. The number of aromatic nitrogens is 1. The van der Waals surface area contributed by atoms with Crippen LogP contribution in [0.25, 0.3) is 0 Å². The normalized spacial score (nSPS) is 12.9. The van der Waals surface area contributed by atoms with E-state index in [9.17, 15) is 8.42 Å². The largest absolute Gasteiger partial charge is 0.378 e. The van der Waals surface area contributed by atoms with Crippen LogP contribution in [0.1, 0.15) is 18.5 Å². The molecule has 2 rings (SSSR count). The molecule has 1 atom stereocenters. The van der Waals surface area contributed by atoms with Crippen molar-refractivity contribution in [3.05, 3.63) is 54.4 Å². The summed E-state index contributed by atoms with van der Waals surface area (Å²) in [7, 11) is -3.68. The molecule has 2 aromatic rings. The number of anilines is 1. The molecule has 0 amide bonds. The van der Waals surface area contributed by atoms with Crippen LogP contribution < -0.4 is 10.5 Å². The lowest BCUT2D eigenvalue weighted by Gasteiger charge is -2.15. The quantitative estimate of drug-likeness (QED) is 0.893. The molecule has 0 radical (unpaired) electrons. The van der Waals surface area contributed by atoms with E-state index in [1.54, 1.807) is 24.5 Å². The molecule has 0 aliphatic carbocycles. The summed E-state index contributed by atoms with van der Waals surface area (Å²) in [5.74, 6) is 0. The Morgan fingerprint density at radius 3 is 2.68 bits per heavy atom. The lowest BCUT2D eigenvalue weighted by atomic mass is 10.1. The first kappa shape index (κ1) is 13.5. The van der Waals surface area contributed by atoms with Crippen molar-refractivity contribution in [3.63, 3.8) is 0 Å². The van der Waals surface area contributed by atoms with Crippen LogP contribution in [-0.4, -0.2) is 13.4 Å². The zero-order valence-corrected chi connectivity index (χ0v) is 11.3. The van der Waals surface area contributed by atoms with E-state index in [0.29, 0.717) is 5.69 Å². The molecule has 5 nitrogen and oxygen atoms in total. The summed E-state index contributed by atoms with van der Waals surface area (Å²) in [6.07, 6.45) is 3.47. The number of hydrogen-bond donors (Lipinski definition) is 2. The summed E-state index contributed by atoms with van der Waals surface area (Å²) in [6, 6.07) is 10.3. The van der Waals surface area contributed by atoms with Crippen molar-refractivity contribution >= 4 is 15.7 Å². The minimum Gasteiger partial charge on any atom is -0.378 e. The summed E-state index contributed by atoms with van der Waals surface area (Å²) in [5, 5.41) is 8.31. The van der Waals surface area contributed by atoms with Crippen LogP contribution in [0.5, 0.6) is 0 Å². The third-order valence-corrected chi connectivity index (χ3v) is 3.64. The van der Waals surface area contributed by atoms with Crippen LogP contribution in [0.3, 0.4) is 0 Å². The molecular formula is C13H15N3O2S. The average molecular weight is 277 g/mol. The minimum absolute atomic E-state index is 0.0180. The van der Waals surface area contributed by atoms with Gasteiger partial charge in [0.15, 0.2) is 0 Å². The molecule has 0 saturated heterocycles. The van der Waals surface area contributed by atoms with E-state index in [2.05, 4.69) is 10.3 Å². The molecule has 19 heavy (non-hydrogen) atoms. The fraction of sp³-hybridized carbons (Fsp3) is 0.154. The molecule has 1 unspecified atom stereocenters. The number of nitrogens with one attached hydrogen (secondary N) is 1. The Balaban J connectivity index is 2.20. The van der Waals surface area contributed by atoms with Gasteiger partial charge in [-0.1, -0.05) is 12.1 Å². The first-order valence-corrected chi connectivity index (χ1v) is 7.31. The third-order valence-electron chi connectivity index (χ3n) is 2.73. The van der Waals surface area contributed by atoms with Gasteiger partial charge in [0.1, 0.15) is 0 Å². The van der Waals surface area contributed by atoms with Gasteiger partial charge in [-0.3, -0.25) is 4.98 Å². The van der Waals surface area contributed by atoms with Crippen molar-refractivity contribution in [3.8, 4) is 0 Å². The van der Waals surface area contributed by atoms with Crippen molar-refractivity contribution in [1.82, 2.24) is 4.98 Å². The average Bonchev–Trinajstić information content (AvgIpc) is 2.39. The fourth-order valence-corrected chi connectivity index (χ4v) is 2.29. The van der Waals surface area contributed by atoms with Gasteiger partial charge < -0.3 is 5.32 Å². The molecule has 0 saturated carbocycles. The van der Waals surface area contributed by atoms with Gasteiger partial charge in [0, 0.05) is 18.1 Å². The van der Waals surface area contributed by atoms with Gasteiger partial charge in [-0.05, 0) is 36.8 Å². The molecule has 3 N–H and O–H groups in total. The predicted molar refractivity (Wildman–Crippen MR) is 74.1 cm³/mol. The Hall–Kier alpha value is -1.92. The van der Waals surface area contributed by atoms with E-state index in [1.165, 1.54) is 12.1 Å². The zero-order valence-electron chi connectivity index (χ0n) is 10.4. The van der Waals surface area contributed by atoms with Crippen LogP contribution in [-0.2, 0) is 10.0 Å². The van der Waals surface area contributed by atoms with Gasteiger partial charge in [0.2, 0.25) is 10.0 Å². The number of nitrogens with zero attached hydrogens (tertiary/aromatic N) is 1. The molecule has 1 aromatic carbocycles. The van der Waals surface area contributed by atoms with E-state index in [1.807, 2.05) is 19.1 Å². The molecule has 6 heteroatoms. The molecule has 0 spiro atoms. The Morgan fingerprint density at radius 1 is 1.26 bits per heavy atom. The van der Waals surface area contributed by atoms with Crippen molar-refractivity contribution in [2.75, 3.05) is 5.32 Å². The number of sulfonamides is 1. The monoisotopic (exact) mass is 277 g/mol. The molecule has 1 heterocycles. The van der Waals surface area contributed by atoms with Crippen molar-refractivity contribution < 1.29 is 8.42 Å². The summed E-state index contributed by atoms with van der Waals surface area (Å²) in [5.41, 5.74) is 1.71. The molecule has 0 bridgehead atoms. The molecule has 100 valence electrons. The first-order chi connectivity index (χ1) is 8.97. The maximum absolute atomic E-state index is 11.3. The van der Waals surface area contributed by atoms with Gasteiger partial charge in [-0.15, -0.1) is 0 Å². The lowest BCUT2D eigenvalue weighted by Crippen LogP contribution is -2.13. The van der Waals surface area contributed by atoms with Gasteiger partial charge in [0.05, 0.1) is 10.9 Å². The van der Waals surface area contributed by atoms with Crippen molar-refractivity contribution in [1.29, 1.82) is 0 Å². The van der Waals surface area contributed by atoms with Crippen molar-refractivity contribution in [2.24, 2.45) is 5.14 Å². The topological polar surface area (TPSA) is 85.1 Å². The van der Waals surface area contributed by atoms with Crippen LogP contribution in [0.2, 0.25) is 0 Å². The first-order valence-electron chi connectivity index (χ1n) is 5.76. The highest BCUT2D eigenvalue weighted by Gasteiger charge is 2.10. The number of pyridine rings is 1. The number of hydrogen-bond acceptors (Lipinski definition) is 4. The van der Waals surface area contributed by atoms with Crippen LogP contribution >= 0.6 is 0 Å². The van der Waals surface area contributed by atoms with E-state index in [4.69, 9.17) is 5.14 Å². The minimum atomic E-state index is -3.68. The highest BCUT2D eigenvalue weighted by atomic mass is 32.2. The highest BCUT2D eigenvalue weighted by molar-refractivity contribution is 7.89. The van der Waals surface area contributed by atoms with Gasteiger partial charge in [-0.25, -0.2) is 13.6 Å². The van der Waals surface area contributed by atoms with Crippen LogP contribution in [0.15, 0.2) is 53.7 Å². The predicted octanol–water partition coefficient (Wildman–Crippen LogP) is 1.90. The van der Waals surface area contributed by atoms with E-state index in [-0.39, 0.29) is 10.9 Å². The zero-order chi connectivity index (χ0) is 13.9. The van der Waals surface area contributed by atoms with Crippen molar-refractivity contribution in [2.45, 2.75) is 17.9 Å². The number of benzene rings is 1. The third kappa shape index (κ3) is 3.52. The summed E-state index contributed by atoms with van der Waals surface area (Å²) < 4.78 is 22.6. The lowest BCUT2D eigenvalue weighted by molar-refractivity contribution is 0.598. The maximum atomic E-state index is 11.3. The SMILES string of the molecule is CC(Nc1cccc(S(N)(=O)=O)c1)c1cccnc1. The van der Waals surface area contributed by atoms with Gasteiger partial charge in [-0.2, -0.15) is 0 Å². The summed E-state index contributed by atoms with van der Waals surface area (Å²) >= 11 is 0. The molecule has 0 aliphatic heterocycles. The molecule has 0 fully saturated rings. The standard InChI is InChI=1S/C13H15N3O2S/c1-10(11-4-3-7-15-9-11)16-12-5-2-6-13(8-12)19(14,17)18/h2-10,16H,1H3,(H2,14,17,18). The number of nitrogens with two attached hydrogens (primary N) is 1.